The molecule has 6 nitrogen and oxygen atoms in total. The molecule has 0 radical (unpaired) electrons. The number of rotatable bonds is 2. The van der Waals surface area contributed by atoms with Crippen LogP contribution in [0.4, 0.5) is 5.69 Å². The van der Waals surface area contributed by atoms with Crippen molar-refractivity contribution >= 4 is 16.6 Å². The first-order chi connectivity index (χ1) is 7.65. The lowest BCUT2D eigenvalue weighted by Crippen LogP contribution is -1.96. The summed E-state index contributed by atoms with van der Waals surface area (Å²) in [6.45, 7) is 0. The topological polar surface area (TPSA) is 84.8 Å². The Hall–Kier alpha value is -2.42. The van der Waals surface area contributed by atoms with Gasteiger partial charge in [-0.05, 0) is 11.6 Å². The quantitative estimate of drug-likeness (QED) is 0.563. The molecule has 0 amide bonds. The van der Waals surface area contributed by atoms with Gasteiger partial charge in [0.1, 0.15) is 0 Å². The van der Waals surface area contributed by atoms with Gasteiger partial charge in [0.15, 0.2) is 0 Å². The third-order valence-electron chi connectivity index (χ3n) is 2.43. The molecule has 0 aliphatic rings. The molecule has 0 aliphatic carbocycles. The highest BCUT2D eigenvalue weighted by Gasteiger charge is 2.17. The summed E-state index contributed by atoms with van der Waals surface area (Å²) in [6, 6.07) is 5.05. The van der Waals surface area contributed by atoms with Gasteiger partial charge in [-0.3, -0.25) is 14.8 Å². The number of non-ortho nitro benzene ring substituents is 1. The minimum absolute atomic E-state index is 0.0183. The number of hydrogen-bond acceptors (Lipinski definition) is 4. The van der Waals surface area contributed by atoms with Crippen molar-refractivity contribution in [2.75, 3.05) is 0 Å². The van der Waals surface area contributed by atoms with Gasteiger partial charge in [-0.1, -0.05) is 0 Å². The summed E-state index contributed by atoms with van der Waals surface area (Å²) in [6.07, 6.45) is 1.67. The molecule has 1 heterocycles. The lowest BCUT2D eigenvalue weighted by molar-refractivity contribution is -0.383. The molecule has 0 fully saturated rings. The van der Waals surface area contributed by atoms with Gasteiger partial charge in [0.25, 0.3) is 5.69 Å². The van der Waals surface area contributed by atoms with E-state index in [2.05, 4.69) is 5.10 Å². The zero-order valence-electron chi connectivity index (χ0n) is 8.54. The summed E-state index contributed by atoms with van der Waals surface area (Å²) in [4.78, 5) is 10.4. The van der Waals surface area contributed by atoms with Gasteiger partial charge < -0.3 is 0 Å². The Kier molecular flexibility index (Phi) is 2.29. The number of fused-ring (bicyclic) bond motifs is 1. The average Bonchev–Trinajstić information content (AvgIpc) is 2.62. The Bertz CT molecular complexity index is 609. The van der Waals surface area contributed by atoms with Crippen molar-refractivity contribution in [2.45, 2.75) is 6.42 Å². The van der Waals surface area contributed by atoms with E-state index in [1.807, 2.05) is 6.07 Å². The van der Waals surface area contributed by atoms with Crippen LogP contribution in [0.25, 0.3) is 10.9 Å². The van der Waals surface area contributed by atoms with Crippen LogP contribution in [-0.4, -0.2) is 14.7 Å². The standard InChI is InChI=1S/C10H8N4O2/c1-13-10-7(4-5-11)2-3-9(14(15)16)8(10)6-12-13/h2-3,6H,4H2,1H3. The maximum Gasteiger partial charge on any atom is 0.280 e. The number of nitriles is 1. The third kappa shape index (κ3) is 1.39. The van der Waals surface area contributed by atoms with Crippen molar-refractivity contribution in [3.05, 3.63) is 34.0 Å². The second kappa shape index (κ2) is 3.62. The zero-order chi connectivity index (χ0) is 11.7. The second-order valence-electron chi connectivity index (χ2n) is 3.37. The number of hydrogen-bond donors (Lipinski definition) is 0. The molecule has 80 valence electrons. The minimum atomic E-state index is -0.444. The minimum Gasteiger partial charge on any atom is -0.267 e. The van der Waals surface area contributed by atoms with E-state index in [1.165, 1.54) is 12.3 Å². The van der Waals surface area contributed by atoms with Crippen LogP contribution in [0.15, 0.2) is 18.3 Å². The van der Waals surface area contributed by atoms with Crippen LogP contribution in [-0.2, 0) is 13.5 Å². The van der Waals surface area contributed by atoms with Crippen molar-refractivity contribution in [3.8, 4) is 6.07 Å². The molecule has 0 spiro atoms. The maximum atomic E-state index is 10.8. The van der Waals surface area contributed by atoms with Gasteiger partial charge in [-0.25, -0.2) is 0 Å². The Morgan fingerprint density at radius 1 is 1.62 bits per heavy atom. The van der Waals surface area contributed by atoms with Gasteiger partial charge in [0.05, 0.1) is 34.5 Å². The summed E-state index contributed by atoms with van der Waals surface area (Å²) in [5, 5.41) is 23.9. The fraction of sp³-hybridized carbons (Fsp3) is 0.200. The number of aromatic nitrogens is 2. The van der Waals surface area contributed by atoms with E-state index >= 15 is 0 Å². The van der Waals surface area contributed by atoms with Gasteiger partial charge in [-0.2, -0.15) is 10.4 Å². The third-order valence-corrected chi connectivity index (χ3v) is 2.43. The molecule has 0 N–H and O–H groups in total. The van der Waals surface area contributed by atoms with Crippen LogP contribution in [0.1, 0.15) is 5.56 Å². The summed E-state index contributed by atoms with van der Waals surface area (Å²) >= 11 is 0. The molecule has 6 heteroatoms. The lowest BCUT2D eigenvalue weighted by atomic mass is 10.1. The average molecular weight is 216 g/mol. The molecule has 16 heavy (non-hydrogen) atoms. The molecule has 1 aromatic heterocycles. The first-order valence-corrected chi connectivity index (χ1v) is 4.60. The summed E-state index contributed by atoms with van der Waals surface area (Å²) < 4.78 is 1.55. The van der Waals surface area contributed by atoms with Crippen LogP contribution in [0.2, 0.25) is 0 Å². The van der Waals surface area contributed by atoms with E-state index in [4.69, 9.17) is 5.26 Å². The van der Waals surface area contributed by atoms with Crippen molar-refractivity contribution in [1.82, 2.24) is 9.78 Å². The highest BCUT2D eigenvalue weighted by Crippen LogP contribution is 2.27. The number of nitro benzene ring substituents is 1. The van der Waals surface area contributed by atoms with Gasteiger partial charge in [0, 0.05) is 13.1 Å². The van der Waals surface area contributed by atoms with Crippen molar-refractivity contribution in [1.29, 1.82) is 5.26 Å². The van der Waals surface area contributed by atoms with Crippen molar-refractivity contribution in [3.63, 3.8) is 0 Å². The van der Waals surface area contributed by atoms with Crippen LogP contribution in [0.3, 0.4) is 0 Å². The van der Waals surface area contributed by atoms with E-state index < -0.39 is 4.92 Å². The predicted molar refractivity (Wildman–Crippen MR) is 56.7 cm³/mol. The number of nitrogens with zero attached hydrogens (tertiary/aromatic N) is 4. The van der Waals surface area contributed by atoms with Gasteiger partial charge in [-0.15, -0.1) is 0 Å². The van der Waals surface area contributed by atoms with Crippen molar-refractivity contribution in [2.24, 2.45) is 7.05 Å². The zero-order valence-corrected chi connectivity index (χ0v) is 8.54. The van der Waals surface area contributed by atoms with Crippen molar-refractivity contribution < 1.29 is 4.92 Å². The molecule has 0 bridgehead atoms. The molecule has 2 rings (SSSR count). The lowest BCUT2D eigenvalue weighted by Gasteiger charge is -2.01. The molecule has 0 atom stereocenters. The Morgan fingerprint density at radius 3 is 3.00 bits per heavy atom. The number of benzene rings is 1. The number of aryl methyl sites for hydroxylation is 1. The highest BCUT2D eigenvalue weighted by atomic mass is 16.6. The highest BCUT2D eigenvalue weighted by molar-refractivity contribution is 5.90. The molecule has 0 saturated heterocycles. The molecule has 2 aromatic rings. The fourth-order valence-electron chi connectivity index (χ4n) is 1.74. The molecule has 0 saturated carbocycles. The van der Waals surface area contributed by atoms with Crippen LogP contribution in [0, 0.1) is 21.4 Å². The molecular formula is C10H8N4O2. The van der Waals surface area contributed by atoms with Crippen LogP contribution >= 0.6 is 0 Å². The van der Waals surface area contributed by atoms with E-state index in [0.717, 1.165) is 5.56 Å². The fourth-order valence-corrected chi connectivity index (χ4v) is 1.74. The molecule has 0 unspecified atom stereocenters. The van der Waals surface area contributed by atoms with E-state index in [1.54, 1.807) is 17.8 Å². The molecule has 1 aromatic carbocycles. The SMILES string of the molecule is Cn1ncc2c([N+](=O)[O-])ccc(CC#N)c21. The summed E-state index contributed by atoms with van der Waals surface area (Å²) in [7, 11) is 1.70. The van der Waals surface area contributed by atoms with Crippen LogP contribution in [0.5, 0.6) is 0 Å². The second-order valence-corrected chi connectivity index (χ2v) is 3.37. The first-order valence-electron chi connectivity index (χ1n) is 4.60. The molecular weight excluding hydrogens is 208 g/mol. The van der Waals surface area contributed by atoms with E-state index in [9.17, 15) is 10.1 Å². The predicted octanol–water partition coefficient (Wildman–Crippen LogP) is 1.55. The molecule has 0 aliphatic heterocycles. The largest absolute Gasteiger partial charge is 0.280 e. The monoisotopic (exact) mass is 216 g/mol. The smallest absolute Gasteiger partial charge is 0.267 e. The maximum absolute atomic E-state index is 10.8. The Morgan fingerprint density at radius 2 is 2.38 bits per heavy atom. The normalized spacial score (nSPS) is 10.2. The van der Waals surface area contributed by atoms with Crippen LogP contribution < -0.4 is 0 Å². The van der Waals surface area contributed by atoms with E-state index in [0.29, 0.717) is 10.9 Å². The number of nitro groups is 1. The Balaban J connectivity index is 2.80. The van der Waals surface area contributed by atoms with Gasteiger partial charge in [0.2, 0.25) is 0 Å². The summed E-state index contributed by atoms with van der Waals surface area (Å²) in [5.74, 6) is 0. The van der Waals surface area contributed by atoms with Gasteiger partial charge >= 0.3 is 0 Å². The summed E-state index contributed by atoms with van der Waals surface area (Å²) in [5.41, 5.74) is 1.42. The first kappa shape index (κ1) is 10.1. The Labute approximate surface area is 90.9 Å². The van der Waals surface area contributed by atoms with E-state index in [-0.39, 0.29) is 12.1 Å².